The number of benzene rings is 2. The highest BCUT2D eigenvalue weighted by Crippen LogP contribution is 2.26. The number of hydrogen-bond acceptors (Lipinski definition) is 4. The second-order valence-corrected chi connectivity index (χ2v) is 12.7. The van der Waals surface area contributed by atoms with Crippen LogP contribution in [0.1, 0.15) is 79.9 Å². The molecule has 0 atom stereocenters. The van der Waals surface area contributed by atoms with E-state index in [-0.39, 0.29) is 23.9 Å². The van der Waals surface area contributed by atoms with E-state index in [4.69, 9.17) is 0 Å². The van der Waals surface area contributed by atoms with Crippen molar-refractivity contribution in [1.82, 2.24) is 0 Å². The molecule has 0 amide bonds. The molecule has 4 nitrogen and oxygen atoms in total. The molecule has 0 aromatic heterocycles. The molecule has 2 aromatic carbocycles. The Labute approximate surface area is 192 Å². The third-order valence-corrected chi connectivity index (χ3v) is 8.94. The quantitative estimate of drug-likeness (QED) is 0.493. The first kappa shape index (κ1) is 24.4. The largest absolute Gasteiger partial charge is 0.299 e. The number of rotatable bonds is 8. The summed E-state index contributed by atoms with van der Waals surface area (Å²) in [7, 11) is -3.27. The number of ketones is 2. The van der Waals surface area contributed by atoms with Crippen LogP contribution in [0.5, 0.6) is 0 Å². The van der Waals surface area contributed by atoms with Gasteiger partial charge in [-0.15, -0.1) is 0 Å². The first-order valence-electron chi connectivity index (χ1n) is 11.5. The first-order chi connectivity index (χ1) is 15.0. The van der Waals surface area contributed by atoms with E-state index in [2.05, 4.69) is 0 Å². The molecule has 3 rings (SSSR count). The van der Waals surface area contributed by atoms with Gasteiger partial charge in [0.15, 0.2) is 15.6 Å². The number of carbonyl (C=O) groups is 2. The monoisotopic (exact) mass is 454 g/mol. The molecule has 0 aliphatic heterocycles. The molecule has 32 heavy (non-hydrogen) atoms. The maximum Gasteiger partial charge on any atom is 0.167 e. The Morgan fingerprint density at radius 2 is 1.44 bits per heavy atom. The van der Waals surface area contributed by atoms with Crippen molar-refractivity contribution in [3.63, 3.8) is 0 Å². The topological polar surface area (TPSA) is 68.3 Å². The molecule has 2 aromatic rings. The van der Waals surface area contributed by atoms with Crippen molar-refractivity contribution < 1.29 is 18.0 Å². The van der Waals surface area contributed by atoms with E-state index < -0.39 is 14.6 Å². The van der Waals surface area contributed by atoms with E-state index in [1.807, 2.05) is 24.3 Å². The molecule has 5 heteroatoms. The smallest absolute Gasteiger partial charge is 0.167 e. The molecule has 0 N–H and O–H groups in total. The summed E-state index contributed by atoms with van der Waals surface area (Å²) >= 11 is 0. The highest BCUT2D eigenvalue weighted by atomic mass is 32.2. The standard InChI is InChI=1S/C27H34O4S/c1-27(2,3)32(30,31)19-20-12-14-24(15-13-20)26(29)18-22-9-7-8-21(16-22)17-25(28)23-10-5-4-6-11-23/h7-9,12-16,23H,4-6,10-11,17-19H2,1-3H3. The zero-order valence-corrected chi connectivity index (χ0v) is 20.2. The van der Waals surface area contributed by atoms with Crippen LogP contribution in [-0.4, -0.2) is 24.7 Å². The van der Waals surface area contributed by atoms with Gasteiger partial charge >= 0.3 is 0 Å². The van der Waals surface area contributed by atoms with Crippen molar-refractivity contribution in [3.8, 4) is 0 Å². The van der Waals surface area contributed by atoms with Crippen LogP contribution in [-0.2, 0) is 33.2 Å². The third-order valence-electron chi connectivity index (χ3n) is 6.36. The van der Waals surface area contributed by atoms with Crippen molar-refractivity contribution in [2.24, 2.45) is 5.92 Å². The SMILES string of the molecule is CC(C)(C)S(=O)(=O)Cc1ccc(C(=O)Cc2cccc(CC(=O)C3CCCCC3)c2)cc1. The minimum Gasteiger partial charge on any atom is -0.299 e. The summed E-state index contributed by atoms with van der Waals surface area (Å²) in [5, 5.41) is 0. The fourth-order valence-corrected chi connectivity index (χ4v) is 5.19. The van der Waals surface area contributed by atoms with Crippen molar-refractivity contribution in [3.05, 3.63) is 70.8 Å². The summed E-state index contributed by atoms with van der Waals surface area (Å²) < 4.78 is 24.0. The Bertz CT molecular complexity index is 1050. The molecule has 0 unspecified atom stereocenters. The summed E-state index contributed by atoms with van der Waals surface area (Å²) in [5.74, 6) is 0.441. The minimum absolute atomic E-state index is 0.0222. The van der Waals surface area contributed by atoms with E-state index in [0.717, 1.165) is 36.8 Å². The Morgan fingerprint density at radius 1 is 0.844 bits per heavy atom. The lowest BCUT2D eigenvalue weighted by Crippen LogP contribution is -2.29. The van der Waals surface area contributed by atoms with E-state index in [9.17, 15) is 18.0 Å². The molecule has 172 valence electrons. The van der Waals surface area contributed by atoms with Gasteiger partial charge in [-0.25, -0.2) is 8.42 Å². The van der Waals surface area contributed by atoms with Crippen molar-refractivity contribution in [2.75, 3.05) is 0 Å². The van der Waals surface area contributed by atoms with Gasteiger partial charge < -0.3 is 0 Å². The molecule has 0 saturated heterocycles. The summed E-state index contributed by atoms with van der Waals surface area (Å²) in [6.45, 7) is 5.07. The van der Waals surface area contributed by atoms with Crippen LogP contribution in [0, 0.1) is 5.92 Å². The van der Waals surface area contributed by atoms with Gasteiger partial charge in [-0.05, 0) is 50.3 Å². The predicted molar refractivity (Wildman–Crippen MR) is 129 cm³/mol. The summed E-state index contributed by atoms with van der Waals surface area (Å²) in [6.07, 6.45) is 6.22. The van der Waals surface area contributed by atoms with Gasteiger partial charge in [-0.3, -0.25) is 9.59 Å². The number of carbonyl (C=O) groups excluding carboxylic acids is 2. The van der Waals surface area contributed by atoms with E-state index in [0.29, 0.717) is 23.3 Å². The number of Topliss-reactive ketones (excluding diaryl/α,β-unsaturated/α-hetero) is 2. The molecule has 1 aliphatic carbocycles. The predicted octanol–water partition coefficient (Wildman–Crippen LogP) is 5.52. The van der Waals surface area contributed by atoms with Gasteiger partial charge in [0.25, 0.3) is 0 Å². The fraction of sp³-hybridized carbons (Fsp3) is 0.481. The van der Waals surface area contributed by atoms with Gasteiger partial charge in [0, 0.05) is 24.3 Å². The van der Waals surface area contributed by atoms with E-state index in [1.54, 1.807) is 45.0 Å². The normalized spacial score (nSPS) is 15.5. The average Bonchev–Trinajstić information content (AvgIpc) is 2.74. The van der Waals surface area contributed by atoms with Crippen LogP contribution in [0.3, 0.4) is 0 Å². The molecule has 0 heterocycles. The Hall–Kier alpha value is -2.27. The minimum atomic E-state index is -3.27. The second kappa shape index (κ2) is 10.1. The zero-order chi connectivity index (χ0) is 23.4. The Balaban J connectivity index is 1.62. The molecule has 0 spiro atoms. The van der Waals surface area contributed by atoms with E-state index in [1.165, 1.54) is 6.42 Å². The van der Waals surface area contributed by atoms with Gasteiger partial charge in [0.2, 0.25) is 0 Å². The van der Waals surface area contributed by atoms with Crippen molar-refractivity contribution >= 4 is 21.4 Å². The first-order valence-corrected chi connectivity index (χ1v) is 13.2. The van der Waals surface area contributed by atoms with Crippen LogP contribution in [0.25, 0.3) is 0 Å². The highest BCUT2D eigenvalue weighted by molar-refractivity contribution is 7.91. The lowest BCUT2D eigenvalue weighted by atomic mass is 9.84. The van der Waals surface area contributed by atoms with Crippen LogP contribution < -0.4 is 0 Å². The van der Waals surface area contributed by atoms with E-state index >= 15 is 0 Å². The van der Waals surface area contributed by atoms with Gasteiger partial charge in [0.05, 0.1) is 10.5 Å². The van der Waals surface area contributed by atoms with Crippen LogP contribution >= 0.6 is 0 Å². The third kappa shape index (κ3) is 6.38. The van der Waals surface area contributed by atoms with Crippen LogP contribution in [0.2, 0.25) is 0 Å². The van der Waals surface area contributed by atoms with Gasteiger partial charge in [-0.2, -0.15) is 0 Å². The summed E-state index contributed by atoms with van der Waals surface area (Å²) in [4.78, 5) is 25.4. The Morgan fingerprint density at radius 3 is 2.03 bits per heavy atom. The van der Waals surface area contributed by atoms with Gasteiger partial charge in [0.1, 0.15) is 5.78 Å². The van der Waals surface area contributed by atoms with Crippen molar-refractivity contribution in [1.29, 1.82) is 0 Å². The van der Waals surface area contributed by atoms with Crippen LogP contribution in [0.15, 0.2) is 48.5 Å². The average molecular weight is 455 g/mol. The highest BCUT2D eigenvalue weighted by Gasteiger charge is 2.29. The molecule has 1 fully saturated rings. The zero-order valence-electron chi connectivity index (χ0n) is 19.4. The summed E-state index contributed by atoms with van der Waals surface area (Å²) in [6, 6.07) is 14.6. The fourth-order valence-electron chi connectivity index (χ4n) is 4.13. The number of sulfone groups is 1. The van der Waals surface area contributed by atoms with Gasteiger partial charge in [-0.1, -0.05) is 67.8 Å². The molecule has 0 radical (unpaired) electrons. The molecule has 1 aliphatic rings. The maximum atomic E-state index is 12.8. The maximum absolute atomic E-state index is 12.8. The molecule has 1 saturated carbocycles. The second-order valence-electron chi connectivity index (χ2n) is 9.97. The summed E-state index contributed by atoms with van der Waals surface area (Å²) in [5.41, 5.74) is 3.10. The molecule has 0 bridgehead atoms. The lowest BCUT2D eigenvalue weighted by molar-refractivity contribution is -0.123. The molecular formula is C27H34O4S. The number of hydrogen-bond donors (Lipinski definition) is 0. The Kier molecular flexibility index (Phi) is 7.71. The van der Waals surface area contributed by atoms with Crippen LogP contribution in [0.4, 0.5) is 0 Å². The lowest BCUT2D eigenvalue weighted by Gasteiger charge is -2.20. The molecular weight excluding hydrogens is 420 g/mol. The van der Waals surface area contributed by atoms with Crippen molar-refractivity contribution in [2.45, 2.75) is 76.2 Å².